The fourth-order valence-electron chi connectivity index (χ4n) is 3.93. The van der Waals surface area contributed by atoms with Crippen LogP contribution in [0.2, 0.25) is 0 Å². The number of thiocarbonyl (C=S) groups is 1. The van der Waals surface area contributed by atoms with Gasteiger partial charge in [-0.1, -0.05) is 6.07 Å². The molecule has 0 spiro atoms. The van der Waals surface area contributed by atoms with Crippen LogP contribution in [0, 0.1) is 0 Å². The van der Waals surface area contributed by atoms with E-state index in [9.17, 15) is 0 Å². The van der Waals surface area contributed by atoms with E-state index in [1.165, 1.54) is 0 Å². The summed E-state index contributed by atoms with van der Waals surface area (Å²) >= 11 is 5.74. The number of ether oxygens (including phenoxy) is 2. The number of aromatic nitrogens is 2. The van der Waals surface area contributed by atoms with Gasteiger partial charge < -0.3 is 24.7 Å². The summed E-state index contributed by atoms with van der Waals surface area (Å²) in [6.07, 6.45) is 3.73. The number of nitrogens with zero attached hydrogens (tertiary/aromatic N) is 2. The Labute approximate surface area is 191 Å². The minimum absolute atomic E-state index is 0.0549. The highest BCUT2D eigenvalue weighted by Crippen LogP contribution is 2.41. The summed E-state index contributed by atoms with van der Waals surface area (Å²) in [5.74, 6) is 2.28. The standard InChI is InChI=1S/C25H22N4O2S/c1-30-18-11-13-20(14-12-18)31-19-9-7-17(8-10-19)29-24(22-6-4-16-27-22)23(28-25(29)32)21-5-2-3-15-26-21/h2-16,23-24,27H,1H3,(H,28,32)/t23-,24-/m1/s1. The minimum atomic E-state index is -0.0717. The predicted octanol–water partition coefficient (Wildman–Crippen LogP) is 5.39. The number of hydrogen-bond donors (Lipinski definition) is 2. The number of anilines is 1. The number of rotatable bonds is 6. The molecule has 0 unspecified atom stereocenters. The van der Waals surface area contributed by atoms with Crippen LogP contribution in [0.4, 0.5) is 5.69 Å². The second-order valence-electron chi connectivity index (χ2n) is 7.39. The zero-order chi connectivity index (χ0) is 21.9. The lowest BCUT2D eigenvalue weighted by Gasteiger charge is -2.27. The Morgan fingerprint density at radius 2 is 1.59 bits per heavy atom. The average Bonchev–Trinajstić information content (AvgIpc) is 3.48. The third-order valence-electron chi connectivity index (χ3n) is 5.45. The van der Waals surface area contributed by atoms with Crippen molar-refractivity contribution in [1.82, 2.24) is 15.3 Å². The molecule has 2 aromatic heterocycles. The lowest BCUT2D eigenvalue weighted by Crippen LogP contribution is -2.29. The smallest absolute Gasteiger partial charge is 0.174 e. The molecule has 2 atom stereocenters. The summed E-state index contributed by atoms with van der Waals surface area (Å²) in [6, 6.07) is 25.3. The Balaban J connectivity index is 1.42. The summed E-state index contributed by atoms with van der Waals surface area (Å²) in [4.78, 5) is 10.0. The van der Waals surface area contributed by atoms with E-state index in [-0.39, 0.29) is 12.1 Å². The summed E-state index contributed by atoms with van der Waals surface area (Å²) in [6.45, 7) is 0. The fraction of sp³-hybridized carbons (Fsp3) is 0.120. The van der Waals surface area contributed by atoms with Crippen molar-refractivity contribution in [2.24, 2.45) is 0 Å². The van der Waals surface area contributed by atoms with Crippen LogP contribution in [-0.4, -0.2) is 22.2 Å². The van der Waals surface area contributed by atoms with Gasteiger partial charge in [-0.15, -0.1) is 0 Å². The molecule has 0 saturated carbocycles. The maximum Gasteiger partial charge on any atom is 0.174 e. The maximum absolute atomic E-state index is 5.97. The molecule has 0 radical (unpaired) electrons. The van der Waals surface area contributed by atoms with Gasteiger partial charge in [0.2, 0.25) is 0 Å². The van der Waals surface area contributed by atoms with Gasteiger partial charge in [0.25, 0.3) is 0 Å². The molecule has 0 aliphatic carbocycles. The first-order chi connectivity index (χ1) is 15.7. The number of aromatic amines is 1. The predicted molar refractivity (Wildman–Crippen MR) is 128 cm³/mol. The Morgan fingerprint density at radius 1 is 0.875 bits per heavy atom. The largest absolute Gasteiger partial charge is 0.497 e. The van der Waals surface area contributed by atoms with Crippen LogP contribution < -0.4 is 19.7 Å². The molecule has 2 aromatic carbocycles. The Bertz CT molecular complexity index is 1180. The SMILES string of the molecule is COc1ccc(Oc2ccc(N3C(=S)N[C@H](c4ccccn4)[C@H]3c3ccc[nH]3)cc2)cc1. The van der Waals surface area contributed by atoms with Crippen molar-refractivity contribution in [1.29, 1.82) is 0 Å². The Morgan fingerprint density at radius 3 is 2.22 bits per heavy atom. The quantitative estimate of drug-likeness (QED) is 0.391. The lowest BCUT2D eigenvalue weighted by atomic mass is 10.0. The van der Waals surface area contributed by atoms with E-state index >= 15 is 0 Å². The van der Waals surface area contributed by atoms with Crippen molar-refractivity contribution in [3.63, 3.8) is 0 Å². The zero-order valence-corrected chi connectivity index (χ0v) is 18.3. The van der Waals surface area contributed by atoms with Crippen LogP contribution in [0.5, 0.6) is 17.2 Å². The van der Waals surface area contributed by atoms with Gasteiger partial charge in [0.1, 0.15) is 23.3 Å². The molecule has 0 bridgehead atoms. The van der Waals surface area contributed by atoms with Crippen molar-refractivity contribution in [2.45, 2.75) is 12.1 Å². The van der Waals surface area contributed by atoms with E-state index in [1.54, 1.807) is 13.3 Å². The first-order valence-corrected chi connectivity index (χ1v) is 10.7. The van der Waals surface area contributed by atoms with E-state index in [4.69, 9.17) is 21.7 Å². The van der Waals surface area contributed by atoms with Gasteiger partial charge in [-0.05, 0) is 85.0 Å². The van der Waals surface area contributed by atoms with Gasteiger partial charge in [-0.2, -0.15) is 0 Å². The summed E-state index contributed by atoms with van der Waals surface area (Å²) in [7, 11) is 1.64. The summed E-state index contributed by atoms with van der Waals surface area (Å²) in [5, 5.41) is 4.11. The third-order valence-corrected chi connectivity index (χ3v) is 5.76. The monoisotopic (exact) mass is 442 g/mol. The molecule has 32 heavy (non-hydrogen) atoms. The van der Waals surface area contributed by atoms with E-state index in [0.717, 1.165) is 34.3 Å². The highest BCUT2D eigenvalue weighted by Gasteiger charge is 2.41. The van der Waals surface area contributed by atoms with Crippen molar-refractivity contribution in [2.75, 3.05) is 12.0 Å². The topological polar surface area (TPSA) is 62.4 Å². The average molecular weight is 443 g/mol. The van der Waals surface area contributed by atoms with Crippen LogP contribution in [0.1, 0.15) is 23.5 Å². The molecule has 4 aromatic rings. The molecule has 2 N–H and O–H groups in total. The minimum Gasteiger partial charge on any atom is -0.497 e. The van der Waals surface area contributed by atoms with Crippen LogP contribution in [0.3, 0.4) is 0 Å². The Kier molecular flexibility index (Phi) is 5.47. The molecule has 5 rings (SSSR count). The molecule has 6 nitrogen and oxygen atoms in total. The van der Waals surface area contributed by atoms with Crippen LogP contribution in [-0.2, 0) is 0 Å². The molecule has 3 heterocycles. The van der Waals surface area contributed by atoms with Gasteiger partial charge in [0.05, 0.1) is 18.8 Å². The summed E-state index contributed by atoms with van der Waals surface area (Å²) in [5.41, 5.74) is 2.98. The van der Waals surface area contributed by atoms with Gasteiger partial charge >= 0.3 is 0 Å². The molecule has 1 fully saturated rings. The first kappa shape index (κ1) is 20.1. The number of methoxy groups -OCH3 is 1. The van der Waals surface area contributed by atoms with Crippen molar-refractivity contribution in [3.8, 4) is 17.2 Å². The van der Waals surface area contributed by atoms with Crippen molar-refractivity contribution < 1.29 is 9.47 Å². The fourth-order valence-corrected chi connectivity index (χ4v) is 4.28. The first-order valence-electron chi connectivity index (χ1n) is 10.3. The lowest BCUT2D eigenvalue weighted by molar-refractivity contribution is 0.413. The third kappa shape index (κ3) is 3.90. The van der Waals surface area contributed by atoms with E-state index < -0.39 is 0 Å². The molecular weight excluding hydrogens is 420 g/mol. The molecule has 160 valence electrons. The van der Waals surface area contributed by atoms with Crippen molar-refractivity contribution >= 4 is 23.0 Å². The molecule has 1 aliphatic rings. The number of nitrogens with one attached hydrogen (secondary N) is 2. The van der Waals surface area contributed by atoms with Crippen LogP contribution in [0.25, 0.3) is 0 Å². The van der Waals surface area contributed by atoms with Gasteiger partial charge in [-0.25, -0.2) is 0 Å². The van der Waals surface area contributed by atoms with Crippen LogP contribution in [0.15, 0.2) is 91.3 Å². The summed E-state index contributed by atoms with van der Waals surface area (Å²) < 4.78 is 11.2. The number of H-pyrrole nitrogens is 1. The normalized spacial score (nSPS) is 17.8. The second kappa shape index (κ2) is 8.72. The Hall–Kier alpha value is -3.84. The highest BCUT2D eigenvalue weighted by molar-refractivity contribution is 7.80. The van der Waals surface area contributed by atoms with E-state index in [2.05, 4.69) is 26.3 Å². The number of benzene rings is 2. The van der Waals surface area contributed by atoms with E-state index in [0.29, 0.717) is 5.11 Å². The molecule has 1 saturated heterocycles. The number of hydrogen-bond acceptors (Lipinski definition) is 4. The molecule has 0 amide bonds. The second-order valence-corrected chi connectivity index (χ2v) is 7.78. The molecule has 1 aliphatic heterocycles. The zero-order valence-electron chi connectivity index (χ0n) is 17.4. The van der Waals surface area contributed by atoms with E-state index in [1.807, 2.05) is 79.0 Å². The van der Waals surface area contributed by atoms with Gasteiger partial charge in [0, 0.05) is 23.8 Å². The van der Waals surface area contributed by atoms with Gasteiger partial charge in [-0.3, -0.25) is 4.98 Å². The number of pyridine rings is 1. The molecule has 7 heteroatoms. The van der Waals surface area contributed by atoms with Gasteiger partial charge in [0.15, 0.2) is 5.11 Å². The highest BCUT2D eigenvalue weighted by atomic mass is 32.1. The van der Waals surface area contributed by atoms with Crippen molar-refractivity contribution in [3.05, 3.63) is 103 Å². The van der Waals surface area contributed by atoms with Crippen LogP contribution >= 0.6 is 12.2 Å². The maximum atomic E-state index is 5.97. The molecular formula is C25H22N4O2S.